The van der Waals surface area contributed by atoms with E-state index < -0.39 is 0 Å². The summed E-state index contributed by atoms with van der Waals surface area (Å²) in [5.74, 6) is 1.61. The van der Waals surface area contributed by atoms with E-state index in [1.54, 1.807) is 0 Å². The third-order valence-corrected chi connectivity index (χ3v) is 3.06. The summed E-state index contributed by atoms with van der Waals surface area (Å²) in [6.07, 6.45) is 0. The van der Waals surface area contributed by atoms with Crippen molar-refractivity contribution < 1.29 is 4.74 Å². The van der Waals surface area contributed by atoms with Crippen LogP contribution in [0.25, 0.3) is 0 Å². The van der Waals surface area contributed by atoms with Gasteiger partial charge in [0.2, 0.25) is 0 Å². The van der Waals surface area contributed by atoms with Crippen LogP contribution in [-0.2, 0) is 7.05 Å². The van der Waals surface area contributed by atoms with Gasteiger partial charge in [0, 0.05) is 18.7 Å². The Kier molecular flexibility index (Phi) is 3.39. The summed E-state index contributed by atoms with van der Waals surface area (Å²) in [6, 6.07) is 7.78. The van der Waals surface area contributed by atoms with Crippen molar-refractivity contribution in [1.82, 2.24) is 9.78 Å². The topological polar surface area (TPSA) is 53.1 Å². The third-order valence-electron chi connectivity index (χ3n) is 3.06. The largest absolute Gasteiger partial charge is 0.453 e. The first-order valence-corrected chi connectivity index (χ1v) is 6.03. The molecule has 0 saturated heterocycles. The van der Waals surface area contributed by atoms with Crippen LogP contribution in [0.3, 0.4) is 0 Å². The summed E-state index contributed by atoms with van der Waals surface area (Å²) in [5, 5.41) is 4.34. The van der Waals surface area contributed by atoms with Gasteiger partial charge in [-0.05, 0) is 26.8 Å². The monoisotopic (exact) mass is 245 g/mol. The lowest BCUT2D eigenvalue weighted by Gasteiger charge is -2.13. The minimum Gasteiger partial charge on any atom is -0.453 e. The average molecular weight is 245 g/mol. The summed E-state index contributed by atoms with van der Waals surface area (Å²) >= 11 is 0. The van der Waals surface area contributed by atoms with Crippen molar-refractivity contribution in [3.05, 3.63) is 41.2 Å². The van der Waals surface area contributed by atoms with Gasteiger partial charge in [0.25, 0.3) is 0 Å². The maximum absolute atomic E-state index is 5.99. The van der Waals surface area contributed by atoms with E-state index in [4.69, 9.17) is 10.5 Å². The molecule has 0 bridgehead atoms. The zero-order valence-corrected chi connectivity index (χ0v) is 11.3. The van der Waals surface area contributed by atoms with E-state index in [0.717, 1.165) is 28.5 Å². The first kappa shape index (κ1) is 12.6. The number of ether oxygens (including phenoxy) is 1. The van der Waals surface area contributed by atoms with Crippen LogP contribution in [-0.4, -0.2) is 9.78 Å². The Bertz CT molecular complexity index is 558. The van der Waals surface area contributed by atoms with Crippen LogP contribution in [0.4, 0.5) is 0 Å². The van der Waals surface area contributed by atoms with Crippen molar-refractivity contribution in [3.63, 3.8) is 0 Å². The molecule has 1 aromatic carbocycles. The number of nitrogens with zero attached hydrogens (tertiary/aromatic N) is 2. The lowest BCUT2D eigenvalue weighted by molar-refractivity contribution is 0.464. The number of para-hydroxylation sites is 1. The second-order valence-electron chi connectivity index (χ2n) is 4.55. The van der Waals surface area contributed by atoms with E-state index in [0.29, 0.717) is 0 Å². The Labute approximate surface area is 107 Å². The van der Waals surface area contributed by atoms with Crippen molar-refractivity contribution >= 4 is 0 Å². The molecule has 4 nitrogen and oxygen atoms in total. The highest BCUT2D eigenvalue weighted by Crippen LogP contribution is 2.32. The number of nitrogens with two attached hydrogens (primary N) is 1. The number of hydrogen-bond donors (Lipinski definition) is 1. The van der Waals surface area contributed by atoms with Gasteiger partial charge in [0.15, 0.2) is 5.75 Å². The molecule has 0 aliphatic carbocycles. The first-order chi connectivity index (χ1) is 8.50. The predicted octanol–water partition coefficient (Wildman–Crippen LogP) is 2.85. The van der Waals surface area contributed by atoms with Crippen molar-refractivity contribution in [3.8, 4) is 11.5 Å². The number of hydrogen-bond acceptors (Lipinski definition) is 3. The minimum absolute atomic E-state index is 0.0570. The van der Waals surface area contributed by atoms with Gasteiger partial charge in [-0.3, -0.25) is 4.68 Å². The van der Waals surface area contributed by atoms with Crippen LogP contribution in [0.1, 0.15) is 29.9 Å². The lowest BCUT2D eigenvalue weighted by atomic mass is 10.1. The Morgan fingerprint density at radius 1 is 1.28 bits per heavy atom. The van der Waals surface area contributed by atoms with Gasteiger partial charge in [-0.25, -0.2) is 0 Å². The molecule has 1 heterocycles. The van der Waals surface area contributed by atoms with Gasteiger partial charge in [-0.2, -0.15) is 5.10 Å². The fourth-order valence-corrected chi connectivity index (χ4v) is 1.96. The van der Waals surface area contributed by atoms with Gasteiger partial charge >= 0.3 is 0 Å². The Morgan fingerprint density at radius 3 is 2.50 bits per heavy atom. The molecule has 18 heavy (non-hydrogen) atoms. The van der Waals surface area contributed by atoms with Gasteiger partial charge < -0.3 is 10.5 Å². The normalized spacial score (nSPS) is 12.5. The van der Waals surface area contributed by atoms with Crippen LogP contribution in [0, 0.1) is 13.8 Å². The van der Waals surface area contributed by atoms with E-state index >= 15 is 0 Å². The van der Waals surface area contributed by atoms with Crippen molar-refractivity contribution in [1.29, 1.82) is 0 Å². The van der Waals surface area contributed by atoms with Crippen molar-refractivity contribution in [2.24, 2.45) is 12.8 Å². The van der Waals surface area contributed by atoms with E-state index in [9.17, 15) is 0 Å². The fourth-order valence-electron chi connectivity index (χ4n) is 1.96. The molecule has 0 spiro atoms. The van der Waals surface area contributed by atoms with Gasteiger partial charge in [0.05, 0.1) is 5.69 Å². The molecule has 1 atom stereocenters. The molecule has 0 aliphatic rings. The molecule has 4 heteroatoms. The smallest absolute Gasteiger partial charge is 0.171 e. The molecule has 0 saturated carbocycles. The second kappa shape index (κ2) is 4.82. The summed E-state index contributed by atoms with van der Waals surface area (Å²) in [6.45, 7) is 5.88. The average Bonchev–Trinajstić information content (AvgIpc) is 2.56. The van der Waals surface area contributed by atoms with Crippen LogP contribution >= 0.6 is 0 Å². The van der Waals surface area contributed by atoms with Crippen LogP contribution in [0.5, 0.6) is 11.5 Å². The molecule has 2 N–H and O–H groups in total. The summed E-state index contributed by atoms with van der Waals surface area (Å²) in [4.78, 5) is 0. The van der Waals surface area contributed by atoms with Crippen LogP contribution < -0.4 is 10.5 Å². The predicted molar refractivity (Wildman–Crippen MR) is 71.8 cm³/mol. The van der Waals surface area contributed by atoms with Crippen molar-refractivity contribution in [2.75, 3.05) is 0 Å². The summed E-state index contributed by atoms with van der Waals surface area (Å²) < 4.78 is 7.81. The van der Waals surface area contributed by atoms with E-state index in [1.807, 2.05) is 56.8 Å². The van der Waals surface area contributed by atoms with Crippen molar-refractivity contribution in [2.45, 2.75) is 26.8 Å². The molecule has 0 amide bonds. The Balaban J connectivity index is 2.40. The quantitative estimate of drug-likeness (QED) is 0.904. The highest BCUT2D eigenvalue weighted by molar-refractivity contribution is 5.42. The zero-order valence-electron chi connectivity index (χ0n) is 11.3. The molecule has 0 fully saturated rings. The summed E-state index contributed by atoms with van der Waals surface area (Å²) in [7, 11) is 1.91. The molecule has 2 aromatic rings. The lowest BCUT2D eigenvalue weighted by Crippen LogP contribution is -2.06. The van der Waals surface area contributed by atoms with Gasteiger partial charge in [-0.1, -0.05) is 18.2 Å². The van der Waals surface area contributed by atoms with E-state index in [1.165, 1.54) is 0 Å². The van der Waals surface area contributed by atoms with Crippen LogP contribution in [0.15, 0.2) is 24.3 Å². The maximum atomic E-state index is 5.99. The molecule has 0 radical (unpaired) electrons. The Morgan fingerprint density at radius 2 is 1.94 bits per heavy atom. The molecule has 2 rings (SSSR count). The van der Waals surface area contributed by atoms with E-state index in [2.05, 4.69) is 5.10 Å². The first-order valence-electron chi connectivity index (χ1n) is 6.03. The van der Waals surface area contributed by atoms with Gasteiger partial charge in [0.1, 0.15) is 11.4 Å². The van der Waals surface area contributed by atoms with E-state index in [-0.39, 0.29) is 6.04 Å². The standard InChI is InChI=1S/C14H19N3O/c1-9(15)12-7-5-6-8-13(12)18-14-10(2)16-17(4)11(14)3/h5-9H,15H2,1-4H3/t9-/m1/s1. The maximum Gasteiger partial charge on any atom is 0.171 e. The molecule has 0 aliphatic heterocycles. The third kappa shape index (κ3) is 2.24. The highest BCUT2D eigenvalue weighted by atomic mass is 16.5. The molecular weight excluding hydrogens is 226 g/mol. The molecule has 0 unspecified atom stereocenters. The van der Waals surface area contributed by atoms with Crippen LogP contribution in [0.2, 0.25) is 0 Å². The number of rotatable bonds is 3. The highest BCUT2D eigenvalue weighted by Gasteiger charge is 2.14. The summed E-state index contributed by atoms with van der Waals surface area (Å²) in [5.41, 5.74) is 8.84. The van der Waals surface area contributed by atoms with Gasteiger partial charge in [-0.15, -0.1) is 0 Å². The minimum atomic E-state index is -0.0570. The molecule has 96 valence electrons. The zero-order chi connectivity index (χ0) is 13.3. The molecular formula is C14H19N3O. The number of aryl methyl sites for hydroxylation is 2. The number of aromatic nitrogens is 2. The second-order valence-corrected chi connectivity index (χ2v) is 4.55. The fraction of sp³-hybridized carbons (Fsp3) is 0.357. The number of benzene rings is 1. The molecule has 1 aromatic heterocycles. The Hall–Kier alpha value is -1.81. The SMILES string of the molecule is Cc1nn(C)c(C)c1Oc1ccccc1[C@@H](C)N.